The van der Waals surface area contributed by atoms with E-state index in [9.17, 15) is 0 Å². The molecule has 110 valence electrons. The van der Waals surface area contributed by atoms with Gasteiger partial charge in [0.1, 0.15) is 0 Å². The van der Waals surface area contributed by atoms with Crippen molar-refractivity contribution in [3.8, 4) is 0 Å². The van der Waals surface area contributed by atoms with E-state index in [2.05, 4.69) is 66.5 Å². The molecule has 0 saturated carbocycles. The molecule has 0 nitrogen and oxygen atoms in total. The Kier molecular flexibility index (Phi) is 27.8. The standard InChI is InChI=1S/C4H9Br.C3H7Br.2C3H7Cl/c1-4(2,3)5;3*1-3(2)4/h1-3H3;3*3H,1-2H3. The molecule has 0 bridgehead atoms. The number of halogens is 4. The van der Waals surface area contributed by atoms with E-state index in [0.717, 1.165) is 0 Å². The minimum atomic E-state index is 0.306. The quantitative estimate of drug-likeness (QED) is 0.365. The summed E-state index contributed by atoms with van der Waals surface area (Å²) in [4.78, 5) is 0.646. The van der Waals surface area contributed by atoms with Crippen molar-refractivity contribution < 1.29 is 0 Å². The molecule has 0 saturated heterocycles. The largest absolute Gasteiger partial charge is 0.124 e. The molecule has 17 heavy (non-hydrogen) atoms. The summed E-state index contributed by atoms with van der Waals surface area (Å²) in [6.07, 6.45) is 0. The monoisotopic (exact) mass is 414 g/mol. The lowest BCUT2D eigenvalue weighted by Gasteiger charge is -2.02. The number of alkyl halides is 4. The van der Waals surface area contributed by atoms with Gasteiger partial charge in [-0.25, -0.2) is 0 Å². The maximum absolute atomic E-state index is 5.27. The van der Waals surface area contributed by atoms with Crippen molar-refractivity contribution in [3.05, 3.63) is 0 Å². The van der Waals surface area contributed by atoms with Crippen LogP contribution in [-0.4, -0.2) is 19.9 Å². The summed E-state index contributed by atoms with van der Waals surface area (Å²) >= 11 is 17.2. The number of rotatable bonds is 0. The van der Waals surface area contributed by atoms with Crippen LogP contribution in [0.5, 0.6) is 0 Å². The zero-order valence-electron chi connectivity index (χ0n) is 12.7. The van der Waals surface area contributed by atoms with Crippen molar-refractivity contribution in [2.24, 2.45) is 0 Å². The van der Waals surface area contributed by atoms with Crippen molar-refractivity contribution in [2.75, 3.05) is 0 Å². The minimum Gasteiger partial charge on any atom is -0.124 e. The molecule has 0 aliphatic carbocycles. The third kappa shape index (κ3) is 1790. The van der Waals surface area contributed by atoms with Gasteiger partial charge in [-0.1, -0.05) is 66.5 Å². The molecule has 0 atom stereocenters. The van der Waals surface area contributed by atoms with E-state index in [4.69, 9.17) is 23.2 Å². The molecule has 0 N–H and O–H groups in total. The molecule has 0 aromatic rings. The van der Waals surface area contributed by atoms with Crippen LogP contribution in [0.25, 0.3) is 0 Å². The summed E-state index contributed by atoms with van der Waals surface area (Å²) in [6, 6.07) is 0. The normalized spacial score (nSPS) is 9.88. The molecule has 0 amide bonds. The molecule has 0 aromatic carbocycles. The van der Waals surface area contributed by atoms with Gasteiger partial charge in [0.05, 0.1) is 0 Å². The lowest BCUT2D eigenvalue weighted by Crippen LogP contribution is -1.97. The van der Waals surface area contributed by atoms with E-state index in [-0.39, 0.29) is 0 Å². The lowest BCUT2D eigenvalue weighted by molar-refractivity contribution is 0.824. The Morgan fingerprint density at radius 3 is 0.765 bits per heavy atom. The van der Waals surface area contributed by atoms with Gasteiger partial charge < -0.3 is 0 Å². The van der Waals surface area contributed by atoms with E-state index in [1.165, 1.54) is 0 Å². The van der Waals surface area contributed by atoms with Gasteiger partial charge in [0.15, 0.2) is 0 Å². The molecule has 0 aromatic heterocycles. The van der Waals surface area contributed by atoms with Crippen LogP contribution in [-0.2, 0) is 0 Å². The van der Waals surface area contributed by atoms with Crippen molar-refractivity contribution >= 4 is 55.1 Å². The van der Waals surface area contributed by atoms with Crippen molar-refractivity contribution in [3.63, 3.8) is 0 Å². The first-order valence-electron chi connectivity index (χ1n) is 5.81. The Morgan fingerprint density at radius 1 is 0.765 bits per heavy atom. The second kappa shape index (κ2) is 17.5. The molecule has 0 heterocycles. The van der Waals surface area contributed by atoms with Gasteiger partial charge in [0.25, 0.3) is 0 Å². The summed E-state index contributed by atoms with van der Waals surface area (Å²) in [5.74, 6) is 0. The van der Waals surface area contributed by atoms with Crippen LogP contribution in [0.3, 0.4) is 0 Å². The zero-order valence-corrected chi connectivity index (χ0v) is 17.4. The number of hydrogen-bond donors (Lipinski definition) is 0. The maximum Gasteiger partial charge on any atom is 0.0279 e. The van der Waals surface area contributed by atoms with E-state index >= 15 is 0 Å². The minimum absolute atomic E-state index is 0.306. The van der Waals surface area contributed by atoms with Gasteiger partial charge in [0.2, 0.25) is 0 Å². The van der Waals surface area contributed by atoms with Crippen molar-refractivity contribution in [2.45, 2.75) is 82.2 Å². The summed E-state index contributed by atoms with van der Waals surface area (Å²) < 4.78 is 0.312. The van der Waals surface area contributed by atoms with Crippen LogP contribution in [0.4, 0.5) is 0 Å². The second-order valence-corrected chi connectivity index (χ2v) is 11.1. The molecule has 0 spiro atoms. The predicted octanol–water partition coefficient (Wildman–Crippen LogP) is 7.24. The SMILES string of the molecule is CC(C)(C)Br.CC(C)Br.CC(C)Cl.CC(C)Cl. The fraction of sp³-hybridized carbons (Fsp3) is 1.00. The lowest BCUT2D eigenvalue weighted by atomic mass is 10.3. The molecular weight excluding hydrogens is 387 g/mol. The van der Waals surface area contributed by atoms with Crippen molar-refractivity contribution in [1.29, 1.82) is 0 Å². The Labute approximate surface area is 136 Å². The third-order valence-corrected chi connectivity index (χ3v) is 0. The first-order chi connectivity index (χ1) is 7.20. The Morgan fingerprint density at radius 2 is 0.765 bits per heavy atom. The first kappa shape index (κ1) is 27.0. The van der Waals surface area contributed by atoms with E-state index in [1.807, 2.05) is 27.7 Å². The first-order valence-corrected chi connectivity index (χ1v) is 8.39. The van der Waals surface area contributed by atoms with E-state index in [0.29, 0.717) is 19.9 Å². The van der Waals surface area contributed by atoms with Gasteiger partial charge in [-0.15, -0.1) is 23.2 Å². The molecule has 0 aliphatic rings. The molecule has 0 radical (unpaired) electrons. The molecule has 0 fully saturated rings. The fourth-order valence-corrected chi connectivity index (χ4v) is 0. The van der Waals surface area contributed by atoms with E-state index < -0.39 is 0 Å². The van der Waals surface area contributed by atoms with E-state index in [1.54, 1.807) is 0 Å². The molecule has 4 heteroatoms. The average molecular weight is 417 g/mol. The van der Waals surface area contributed by atoms with Crippen LogP contribution < -0.4 is 0 Å². The van der Waals surface area contributed by atoms with Crippen molar-refractivity contribution in [1.82, 2.24) is 0 Å². The Bertz CT molecular complexity index is 90.5. The Hall–Kier alpha value is 1.54. The van der Waals surface area contributed by atoms with Gasteiger partial charge in [-0.2, -0.15) is 0 Å². The summed E-state index contributed by atoms with van der Waals surface area (Å²) in [6.45, 7) is 18.2. The molecule has 0 aliphatic heterocycles. The highest BCUT2D eigenvalue weighted by Gasteiger charge is 1.98. The summed E-state index contributed by atoms with van der Waals surface area (Å²) in [7, 11) is 0. The fourth-order valence-electron chi connectivity index (χ4n) is 0. The van der Waals surface area contributed by atoms with Gasteiger partial charge in [-0.05, 0) is 27.7 Å². The predicted molar refractivity (Wildman–Crippen MR) is 94.7 cm³/mol. The highest BCUT2D eigenvalue weighted by Crippen LogP contribution is 2.11. The smallest absolute Gasteiger partial charge is 0.0279 e. The third-order valence-electron chi connectivity index (χ3n) is 0. The Balaban J connectivity index is -0.0000000667. The van der Waals surface area contributed by atoms with Gasteiger partial charge in [-0.3, -0.25) is 0 Å². The average Bonchev–Trinajstić information content (AvgIpc) is 1.73. The summed E-state index contributed by atoms with van der Waals surface area (Å²) in [5, 5.41) is 0.611. The van der Waals surface area contributed by atoms with Gasteiger partial charge >= 0.3 is 0 Å². The maximum atomic E-state index is 5.27. The highest BCUT2D eigenvalue weighted by molar-refractivity contribution is 9.10. The number of hydrogen-bond acceptors (Lipinski definition) is 0. The highest BCUT2D eigenvalue weighted by atomic mass is 79.9. The van der Waals surface area contributed by atoms with Crippen LogP contribution in [0.1, 0.15) is 62.3 Å². The van der Waals surface area contributed by atoms with Crippen LogP contribution in [0, 0.1) is 0 Å². The van der Waals surface area contributed by atoms with Crippen LogP contribution >= 0.6 is 55.1 Å². The zero-order chi connectivity index (χ0) is 15.2. The second-order valence-electron chi connectivity index (χ2n) is 5.11. The topological polar surface area (TPSA) is 0 Å². The molecular formula is C13H30Br2Cl2. The summed E-state index contributed by atoms with van der Waals surface area (Å²) in [5.41, 5.74) is 0. The van der Waals surface area contributed by atoms with Crippen LogP contribution in [0.2, 0.25) is 0 Å². The van der Waals surface area contributed by atoms with Crippen LogP contribution in [0.15, 0.2) is 0 Å². The molecule has 0 rings (SSSR count). The molecule has 0 unspecified atom stereocenters. The van der Waals surface area contributed by atoms with Gasteiger partial charge in [0, 0.05) is 19.9 Å².